The van der Waals surface area contributed by atoms with Crippen LogP contribution in [0.3, 0.4) is 0 Å². The molecule has 76 valence electrons. The van der Waals surface area contributed by atoms with Gasteiger partial charge in [-0.15, -0.1) is 0 Å². The number of aromatic hydroxyl groups is 1. The van der Waals surface area contributed by atoms with Gasteiger partial charge >= 0.3 is 0 Å². The molecule has 1 aromatic heterocycles. The third-order valence-corrected chi connectivity index (χ3v) is 1.98. The second kappa shape index (κ2) is 3.65. The van der Waals surface area contributed by atoms with Gasteiger partial charge in [-0.3, -0.25) is 4.98 Å². The van der Waals surface area contributed by atoms with Gasteiger partial charge in [0.05, 0.1) is 0 Å². The van der Waals surface area contributed by atoms with Crippen LogP contribution < -0.4 is 0 Å². The molecule has 0 saturated heterocycles. The number of aromatic nitrogens is 1. The number of halogens is 2. The van der Waals surface area contributed by atoms with Crippen molar-refractivity contribution in [2.45, 2.75) is 0 Å². The summed E-state index contributed by atoms with van der Waals surface area (Å²) in [5, 5.41) is 9.45. The lowest BCUT2D eigenvalue weighted by molar-refractivity contribution is 0.474. The first-order valence-electron chi connectivity index (χ1n) is 4.28. The van der Waals surface area contributed by atoms with Crippen molar-refractivity contribution in [3.8, 4) is 17.0 Å². The smallest absolute Gasteiger partial charge is 0.159 e. The summed E-state index contributed by atoms with van der Waals surface area (Å²) in [6, 6.07) is 6.35. The van der Waals surface area contributed by atoms with Crippen LogP contribution >= 0.6 is 0 Å². The largest absolute Gasteiger partial charge is 0.506 e. The highest BCUT2D eigenvalue weighted by molar-refractivity contribution is 5.65. The zero-order valence-corrected chi connectivity index (χ0v) is 7.61. The van der Waals surface area contributed by atoms with E-state index in [0.717, 1.165) is 12.1 Å². The molecule has 0 saturated carbocycles. The molecule has 0 unspecified atom stereocenters. The van der Waals surface area contributed by atoms with Crippen LogP contribution in [0.15, 0.2) is 36.5 Å². The molecule has 1 aromatic carbocycles. The van der Waals surface area contributed by atoms with E-state index in [1.165, 1.54) is 18.3 Å². The van der Waals surface area contributed by atoms with E-state index in [9.17, 15) is 13.9 Å². The third kappa shape index (κ3) is 1.79. The highest BCUT2D eigenvalue weighted by atomic mass is 19.2. The Bertz CT molecular complexity index is 500. The summed E-state index contributed by atoms with van der Waals surface area (Å²) in [5.41, 5.74) is 0.573. The normalized spacial score (nSPS) is 10.3. The number of pyridine rings is 1. The van der Waals surface area contributed by atoms with Crippen molar-refractivity contribution in [3.05, 3.63) is 48.2 Å². The average Bonchev–Trinajstić information content (AvgIpc) is 2.23. The predicted molar refractivity (Wildman–Crippen MR) is 51.3 cm³/mol. The van der Waals surface area contributed by atoms with E-state index in [0.29, 0.717) is 5.56 Å². The molecule has 0 atom stereocenters. The van der Waals surface area contributed by atoms with E-state index in [4.69, 9.17) is 0 Å². The topological polar surface area (TPSA) is 33.1 Å². The average molecular weight is 207 g/mol. The Morgan fingerprint density at radius 1 is 1.07 bits per heavy atom. The van der Waals surface area contributed by atoms with Crippen LogP contribution in [-0.4, -0.2) is 10.1 Å². The fourth-order valence-electron chi connectivity index (χ4n) is 1.26. The molecule has 0 fully saturated rings. The zero-order chi connectivity index (χ0) is 10.8. The SMILES string of the molecule is Oc1cccnc1-c1ccc(F)c(F)c1. The molecular weight excluding hydrogens is 200 g/mol. The van der Waals surface area contributed by atoms with Gasteiger partial charge in [0.25, 0.3) is 0 Å². The van der Waals surface area contributed by atoms with Gasteiger partial charge in [0.2, 0.25) is 0 Å². The van der Waals surface area contributed by atoms with Crippen molar-refractivity contribution >= 4 is 0 Å². The predicted octanol–water partition coefficient (Wildman–Crippen LogP) is 2.73. The minimum absolute atomic E-state index is 0.0662. The maximum absolute atomic E-state index is 12.9. The Morgan fingerprint density at radius 3 is 2.53 bits per heavy atom. The number of hydrogen-bond donors (Lipinski definition) is 1. The number of nitrogens with zero attached hydrogens (tertiary/aromatic N) is 1. The minimum Gasteiger partial charge on any atom is -0.506 e. The summed E-state index contributed by atoms with van der Waals surface area (Å²) in [5.74, 6) is -1.95. The van der Waals surface area contributed by atoms with Crippen LogP contribution in [-0.2, 0) is 0 Å². The summed E-state index contributed by atoms with van der Waals surface area (Å²) in [6.45, 7) is 0. The molecule has 15 heavy (non-hydrogen) atoms. The van der Waals surface area contributed by atoms with Gasteiger partial charge in [-0.05, 0) is 30.3 Å². The molecule has 0 radical (unpaired) electrons. The quantitative estimate of drug-likeness (QED) is 0.779. The van der Waals surface area contributed by atoms with Crippen LogP contribution in [0, 0.1) is 11.6 Å². The molecule has 4 heteroatoms. The molecule has 0 aliphatic rings. The Balaban J connectivity index is 2.55. The van der Waals surface area contributed by atoms with E-state index in [1.807, 2.05) is 0 Å². The third-order valence-electron chi connectivity index (χ3n) is 1.98. The highest BCUT2D eigenvalue weighted by Crippen LogP contribution is 2.26. The van der Waals surface area contributed by atoms with Gasteiger partial charge in [0, 0.05) is 11.8 Å². The van der Waals surface area contributed by atoms with Crippen LogP contribution in [0.1, 0.15) is 0 Å². The van der Waals surface area contributed by atoms with Gasteiger partial charge in [-0.1, -0.05) is 0 Å². The lowest BCUT2D eigenvalue weighted by Gasteiger charge is -2.03. The fourth-order valence-corrected chi connectivity index (χ4v) is 1.26. The van der Waals surface area contributed by atoms with Crippen molar-refractivity contribution in [1.82, 2.24) is 4.98 Å². The van der Waals surface area contributed by atoms with E-state index in [1.54, 1.807) is 6.07 Å². The molecule has 2 rings (SSSR count). The van der Waals surface area contributed by atoms with E-state index >= 15 is 0 Å². The van der Waals surface area contributed by atoms with Crippen molar-refractivity contribution in [3.63, 3.8) is 0 Å². The second-order valence-electron chi connectivity index (χ2n) is 3.00. The molecular formula is C11H7F2NO. The molecule has 2 nitrogen and oxygen atoms in total. The lowest BCUT2D eigenvalue weighted by atomic mass is 10.1. The minimum atomic E-state index is -0.961. The van der Waals surface area contributed by atoms with E-state index < -0.39 is 11.6 Å². The lowest BCUT2D eigenvalue weighted by Crippen LogP contribution is -1.88. The first-order valence-corrected chi connectivity index (χ1v) is 4.28. The van der Waals surface area contributed by atoms with Gasteiger partial charge in [-0.25, -0.2) is 8.78 Å². The van der Waals surface area contributed by atoms with Crippen molar-refractivity contribution in [2.75, 3.05) is 0 Å². The Hall–Kier alpha value is -1.97. The monoisotopic (exact) mass is 207 g/mol. The maximum Gasteiger partial charge on any atom is 0.159 e. The van der Waals surface area contributed by atoms with Crippen LogP contribution in [0.25, 0.3) is 11.3 Å². The van der Waals surface area contributed by atoms with Crippen LogP contribution in [0.5, 0.6) is 5.75 Å². The van der Waals surface area contributed by atoms with Crippen LogP contribution in [0.2, 0.25) is 0 Å². The molecule has 1 heterocycles. The first kappa shape index (κ1) is 9.58. The van der Waals surface area contributed by atoms with Gasteiger partial charge in [0.15, 0.2) is 11.6 Å². The number of hydrogen-bond acceptors (Lipinski definition) is 2. The standard InChI is InChI=1S/C11H7F2NO/c12-8-4-3-7(6-9(8)13)11-10(15)2-1-5-14-11/h1-6,15H. The Labute approximate surface area is 84.8 Å². The van der Waals surface area contributed by atoms with E-state index in [-0.39, 0.29) is 11.4 Å². The molecule has 2 aromatic rings. The van der Waals surface area contributed by atoms with Gasteiger partial charge in [0.1, 0.15) is 11.4 Å². The molecule has 0 aliphatic carbocycles. The van der Waals surface area contributed by atoms with Gasteiger partial charge < -0.3 is 5.11 Å². The van der Waals surface area contributed by atoms with Crippen molar-refractivity contribution in [2.24, 2.45) is 0 Å². The fraction of sp³-hybridized carbons (Fsp3) is 0. The van der Waals surface area contributed by atoms with Gasteiger partial charge in [-0.2, -0.15) is 0 Å². The molecule has 1 N–H and O–H groups in total. The number of benzene rings is 1. The summed E-state index contributed by atoms with van der Waals surface area (Å²) in [4.78, 5) is 3.88. The van der Waals surface area contributed by atoms with Crippen molar-refractivity contribution in [1.29, 1.82) is 0 Å². The second-order valence-corrected chi connectivity index (χ2v) is 3.00. The molecule has 0 aliphatic heterocycles. The summed E-state index contributed by atoms with van der Waals surface area (Å²) in [7, 11) is 0. The van der Waals surface area contributed by atoms with Crippen molar-refractivity contribution < 1.29 is 13.9 Å². The first-order chi connectivity index (χ1) is 7.18. The summed E-state index contributed by atoms with van der Waals surface area (Å²) >= 11 is 0. The number of rotatable bonds is 1. The van der Waals surface area contributed by atoms with E-state index in [2.05, 4.69) is 4.98 Å². The zero-order valence-electron chi connectivity index (χ0n) is 7.61. The molecule has 0 bridgehead atoms. The Morgan fingerprint density at radius 2 is 1.87 bits per heavy atom. The summed E-state index contributed by atoms with van der Waals surface area (Å²) < 4.78 is 25.6. The highest BCUT2D eigenvalue weighted by Gasteiger charge is 2.08. The molecule has 0 spiro atoms. The summed E-state index contributed by atoms with van der Waals surface area (Å²) in [6.07, 6.45) is 1.47. The van der Waals surface area contributed by atoms with Crippen LogP contribution in [0.4, 0.5) is 8.78 Å². The maximum atomic E-state index is 12.9. The Kier molecular flexibility index (Phi) is 2.33. The molecule has 0 amide bonds.